The zero-order chi connectivity index (χ0) is 14.0. The Morgan fingerprint density at radius 3 is 2.63 bits per heavy atom. The Balaban J connectivity index is 2.80. The highest BCUT2D eigenvalue weighted by molar-refractivity contribution is 6.03. The van der Waals surface area contributed by atoms with Gasteiger partial charge in [0.05, 0.1) is 18.4 Å². The van der Waals surface area contributed by atoms with Crippen LogP contribution in [0.15, 0.2) is 24.3 Å². The maximum absolute atomic E-state index is 11.4. The molecular formula is C14H13NO4. The first-order valence-corrected chi connectivity index (χ1v) is 5.64. The first-order chi connectivity index (χ1) is 9.10. The van der Waals surface area contributed by atoms with Crippen LogP contribution in [0.1, 0.15) is 26.5 Å². The molecule has 0 aliphatic heterocycles. The Morgan fingerprint density at radius 1 is 1.37 bits per heavy atom. The van der Waals surface area contributed by atoms with Crippen LogP contribution in [0.4, 0.5) is 0 Å². The third-order valence-electron chi connectivity index (χ3n) is 2.92. The van der Waals surface area contributed by atoms with Gasteiger partial charge in [0.15, 0.2) is 6.29 Å². The van der Waals surface area contributed by atoms with Gasteiger partial charge in [0.25, 0.3) is 0 Å². The van der Waals surface area contributed by atoms with Crippen LogP contribution in [0.2, 0.25) is 0 Å². The van der Waals surface area contributed by atoms with Gasteiger partial charge in [-0.15, -0.1) is 0 Å². The lowest BCUT2D eigenvalue weighted by Gasteiger charge is -2.08. The molecule has 0 saturated carbocycles. The van der Waals surface area contributed by atoms with Crippen LogP contribution in [0.5, 0.6) is 5.75 Å². The number of H-pyrrole nitrogens is 1. The summed E-state index contributed by atoms with van der Waals surface area (Å²) in [4.78, 5) is 25.3. The Hall–Kier alpha value is -2.56. The van der Waals surface area contributed by atoms with E-state index in [1.165, 1.54) is 7.11 Å². The Labute approximate surface area is 109 Å². The number of aldehydes is 1. The number of carbonyl (C=O) groups excluding carboxylic acids is 1. The predicted molar refractivity (Wildman–Crippen MR) is 69.9 cm³/mol. The lowest BCUT2D eigenvalue weighted by molar-refractivity contribution is 0.0697. The maximum Gasteiger partial charge on any atom is 0.338 e. The van der Waals surface area contributed by atoms with Crippen molar-refractivity contribution in [2.45, 2.75) is 6.92 Å². The van der Waals surface area contributed by atoms with Gasteiger partial charge < -0.3 is 14.8 Å². The fourth-order valence-corrected chi connectivity index (χ4v) is 2.14. The second-order valence-corrected chi connectivity index (χ2v) is 4.04. The predicted octanol–water partition coefficient (Wildman–Crippen LogP) is 2.51. The van der Waals surface area contributed by atoms with E-state index in [0.29, 0.717) is 28.9 Å². The van der Waals surface area contributed by atoms with Crippen molar-refractivity contribution in [3.05, 3.63) is 41.2 Å². The molecule has 0 bridgehead atoms. The van der Waals surface area contributed by atoms with Gasteiger partial charge in [-0.05, 0) is 13.0 Å². The molecule has 1 heterocycles. The van der Waals surface area contributed by atoms with Gasteiger partial charge in [0, 0.05) is 16.8 Å². The number of carboxylic acid groups (broad SMARTS) is 1. The average Bonchev–Trinajstić information content (AvgIpc) is 2.75. The van der Waals surface area contributed by atoms with E-state index < -0.39 is 5.97 Å². The van der Waals surface area contributed by atoms with E-state index in [0.717, 1.165) is 0 Å². The first kappa shape index (κ1) is 12.9. The molecule has 1 aromatic carbocycles. The standard InChI is InChI=1S/C14H13NO4/c1-8-12(14(17)18)13(10(7-16)15-8)9-5-3-4-6-11(9)19-2/h3-7,15H,1-2H3,(H,17,18). The fraction of sp³-hybridized carbons (Fsp3) is 0.143. The molecule has 19 heavy (non-hydrogen) atoms. The van der Waals surface area contributed by atoms with Crippen LogP contribution >= 0.6 is 0 Å². The van der Waals surface area contributed by atoms with Crippen molar-refractivity contribution in [1.29, 1.82) is 0 Å². The van der Waals surface area contributed by atoms with Gasteiger partial charge in [-0.3, -0.25) is 4.79 Å². The van der Waals surface area contributed by atoms with E-state index in [-0.39, 0.29) is 11.3 Å². The van der Waals surface area contributed by atoms with Gasteiger partial charge in [0.1, 0.15) is 5.75 Å². The zero-order valence-corrected chi connectivity index (χ0v) is 10.6. The Bertz CT molecular complexity index is 643. The summed E-state index contributed by atoms with van der Waals surface area (Å²) in [5.41, 5.74) is 1.70. The van der Waals surface area contributed by atoms with Crippen LogP contribution in [-0.4, -0.2) is 29.5 Å². The van der Waals surface area contributed by atoms with E-state index in [2.05, 4.69) is 4.98 Å². The number of para-hydroxylation sites is 1. The third-order valence-corrected chi connectivity index (χ3v) is 2.92. The van der Waals surface area contributed by atoms with Crippen LogP contribution in [0.3, 0.4) is 0 Å². The van der Waals surface area contributed by atoms with E-state index >= 15 is 0 Å². The molecule has 1 aromatic heterocycles. The molecule has 0 aliphatic carbocycles. The molecule has 2 aromatic rings. The summed E-state index contributed by atoms with van der Waals surface area (Å²) in [6.07, 6.45) is 0.612. The first-order valence-electron chi connectivity index (χ1n) is 5.64. The molecule has 5 heteroatoms. The SMILES string of the molecule is COc1ccccc1-c1c(C=O)[nH]c(C)c1C(=O)O. The molecular weight excluding hydrogens is 246 g/mol. The number of rotatable bonds is 4. The number of benzene rings is 1. The van der Waals surface area contributed by atoms with E-state index in [9.17, 15) is 14.7 Å². The van der Waals surface area contributed by atoms with Crippen molar-refractivity contribution < 1.29 is 19.4 Å². The smallest absolute Gasteiger partial charge is 0.338 e. The number of aromatic amines is 1. The Kier molecular flexibility index (Phi) is 3.37. The highest BCUT2D eigenvalue weighted by Gasteiger charge is 2.23. The molecule has 5 nitrogen and oxygen atoms in total. The highest BCUT2D eigenvalue weighted by atomic mass is 16.5. The largest absolute Gasteiger partial charge is 0.496 e. The Morgan fingerprint density at radius 2 is 2.05 bits per heavy atom. The van der Waals surface area contributed by atoms with E-state index in [1.807, 2.05) is 0 Å². The molecule has 0 saturated heterocycles. The number of nitrogens with one attached hydrogen (secondary N) is 1. The number of hydrogen-bond acceptors (Lipinski definition) is 3. The molecule has 0 spiro atoms. The van der Waals surface area contributed by atoms with Crippen LogP contribution < -0.4 is 4.74 Å². The van der Waals surface area contributed by atoms with Crippen molar-refractivity contribution in [2.75, 3.05) is 7.11 Å². The number of aromatic nitrogens is 1. The number of methoxy groups -OCH3 is 1. The van der Waals surface area contributed by atoms with Gasteiger partial charge in [-0.1, -0.05) is 18.2 Å². The lowest BCUT2D eigenvalue weighted by atomic mass is 9.99. The normalized spacial score (nSPS) is 10.2. The van der Waals surface area contributed by atoms with Crippen molar-refractivity contribution in [3.8, 4) is 16.9 Å². The summed E-state index contributed by atoms with van der Waals surface area (Å²) in [6, 6.07) is 6.99. The van der Waals surface area contributed by atoms with E-state index in [1.54, 1.807) is 31.2 Å². The number of carboxylic acids is 1. The monoisotopic (exact) mass is 259 g/mol. The second-order valence-electron chi connectivity index (χ2n) is 4.04. The minimum Gasteiger partial charge on any atom is -0.496 e. The van der Waals surface area contributed by atoms with Gasteiger partial charge >= 0.3 is 5.97 Å². The summed E-state index contributed by atoms with van der Waals surface area (Å²) in [5.74, 6) is -0.560. The number of ether oxygens (including phenoxy) is 1. The second kappa shape index (κ2) is 4.97. The summed E-state index contributed by atoms with van der Waals surface area (Å²) in [5, 5.41) is 9.30. The fourth-order valence-electron chi connectivity index (χ4n) is 2.14. The number of carbonyl (C=O) groups is 2. The van der Waals surface area contributed by atoms with Crippen molar-refractivity contribution in [2.24, 2.45) is 0 Å². The number of hydrogen-bond donors (Lipinski definition) is 2. The molecule has 0 fully saturated rings. The van der Waals surface area contributed by atoms with Crippen molar-refractivity contribution in [1.82, 2.24) is 4.98 Å². The quantitative estimate of drug-likeness (QED) is 0.827. The van der Waals surface area contributed by atoms with Crippen LogP contribution in [-0.2, 0) is 0 Å². The molecule has 98 valence electrons. The molecule has 0 aliphatic rings. The number of aryl methyl sites for hydroxylation is 1. The molecule has 2 rings (SSSR count). The third kappa shape index (κ3) is 2.10. The topological polar surface area (TPSA) is 79.4 Å². The van der Waals surface area contributed by atoms with Crippen molar-refractivity contribution >= 4 is 12.3 Å². The summed E-state index contributed by atoms with van der Waals surface area (Å²) in [7, 11) is 1.50. The molecule has 0 amide bonds. The van der Waals surface area contributed by atoms with Crippen molar-refractivity contribution in [3.63, 3.8) is 0 Å². The summed E-state index contributed by atoms with van der Waals surface area (Å²) >= 11 is 0. The zero-order valence-electron chi connectivity index (χ0n) is 10.6. The minimum atomic E-state index is -1.08. The minimum absolute atomic E-state index is 0.0894. The van der Waals surface area contributed by atoms with Crippen LogP contribution in [0, 0.1) is 6.92 Å². The molecule has 0 radical (unpaired) electrons. The van der Waals surface area contributed by atoms with Gasteiger partial charge in [-0.2, -0.15) is 0 Å². The van der Waals surface area contributed by atoms with Gasteiger partial charge in [0.2, 0.25) is 0 Å². The molecule has 0 atom stereocenters. The lowest BCUT2D eigenvalue weighted by Crippen LogP contribution is -2.00. The van der Waals surface area contributed by atoms with Gasteiger partial charge in [-0.25, -0.2) is 4.79 Å². The summed E-state index contributed by atoms with van der Waals surface area (Å²) in [6.45, 7) is 1.62. The summed E-state index contributed by atoms with van der Waals surface area (Å²) < 4.78 is 5.22. The maximum atomic E-state index is 11.4. The average molecular weight is 259 g/mol. The van der Waals surface area contributed by atoms with Crippen LogP contribution in [0.25, 0.3) is 11.1 Å². The number of aromatic carboxylic acids is 1. The van der Waals surface area contributed by atoms with E-state index in [4.69, 9.17) is 4.74 Å². The molecule has 0 unspecified atom stereocenters. The highest BCUT2D eigenvalue weighted by Crippen LogP contribution is 2.35. The molecule has 2 N–H and O–H groups in total.